The fraction of sp³-hybridized carbons (Fsp3) is 0.107. The van der Waals surface area contributed by atoms with Crippen LogP contribution in [0.3, 0.4) is 0 Å². The third-order valence-electron chi connectivity index (χ3n) is 5.46. The second kappa shape index (κ2) is 11.9. The van der Waals surface area contributed by atoms with E-state index in [2.05, 4.69) is 25.6 Å². The van der Waals surface area contributed by atoms with Crippen molar-refractivity contribution in [3.8, 4) is 17.2 Å². The summed E-state index contributed by atoms with van der Waals surface area (Å²) in [7, 11) is 0. The number of nitrogens with one attached hydrogen (secondary N) is 1. The lowest BCUT2D eigenvalue weighted by atomic mass is 10.2. The van der Waals surface area contributed by atoms with E-state index in [1.165, 1.54) is 11.8 Å². The number of rotatable bonds is 8. The lowest BCUT2D eigenvalue weighted by Crippen LogP contribution is -2.15. The van der Waals surface area contributed by atoms with Crippen LogP contribution in [0.5, 0.6) is 11.5 Å². The lowest BCUT2D eigenvalue weighted by molar-refractivity contribution is 0.102. The molecule has 0 bridgehead atoms. The zero-order chi connectivity index (χ0) is 27.4. The lowest BCUT2D eigenvalue weighted by Gasteiger charge is -2.10. The van der Waals surface area contributed by atoms with E-state index in [9.17, 15) is 4.79 Å². The number of nitrogens with zero attached hydrogens (tertiary/aromatic N) is 5. The molecule has 5 rings (SSSR count). The van der Waals surface area contributed by atoms with Crippen LogP contribution in [-0.2, 0) is 5.75 Å². The molecular weight excluding hydrogens is 555 g/mol. The molecule has 39 heavy (non-hydrogen) atoms. The first-order chi connectivity index (χ1) is 18.8. The quantitative estimate of drug-likeness (QED) is 0.153. The van der Waals surface area contributed by atoms with Gasteiger partial charge >= 0.3 is 0 Å². The van der Waals surface area contributed by atoms with Gasteiger partial charge in [0.05, 0.1) is 11.4 Å². The van der Waals surface area contributed by atoms with Crippen LogP contribution in [-0.4, -0.2) is 30.9 Å². The summed E-state index contributed by atoms with van der Waals surface area (Å²) in [6.07, 6.45) is 0. The molecule has 3 aromatic carbocycles. The van der Waals surface area contributed by atoms with E-state index in [1.54, 1.807) is 47.1 Å². The zero-order valence-corrected chi connectivity index (χ0v) is 23.3. The molecule has 1 N–H and O–H groups in total. The van der Waals surface area contributed by atoms with E-state index in [-0.39, 0.29) is 5.69 Å². The van der Waals surface area contributed by atoms with Crippen LogP contribution in [0, 0.1) is 13.8 Å². The number of para-hydroxylation sites is 1. The van der Waals surface area contributed by atoms with Crippen molar-refractivity contribution in [2.24, 2.45) is 0 Å². The van der Waals surface area contributed by atoms with Gasteiger partial charge in [0.25, 0.3) is 5.91 Å². The minimum atomic E-state index is -0.414. The van der Waals surface area contributed by atoms with Gasteiger partial charge in [0, 0.05) is 32.9 Å². The molecule has 0 fully saturated rings. The number of amides is 1. The molecule has 0 aliphatic carbocycles. The summed E-state index contributed by atoms with van der Waals surface area (Å²) in [6, 6.07) is 23.5. The standard InChI is InChI=1S/C28H22Cl2N6O2S/c1-17-12-18(2)32-28(31-17)39-16-25-26(34-35-36(25)22-14-19(29)13-20(30)15-22)27(37)33-21-8-10-24(11-9-21)38-23-6-4-3-5-7-23/h3-15H,16H2,1-2H3,(H,33,37). The Labute approximate surface area is 239 Å². The molecule has 8 nitrogen and oxygen atoms in total. The van der Waals surface area contributed by atoms with Crippen LogP contribution < -0.4 is 10.1 Å². The largest absolute Gasteiger partial charge is 0.457 e. The van der Waals surface area contributed by atoms with Crippen LogP contribution in [0.25, 0.3) is 5.69 Å². The Morgan fingerprint density at radius 2 is 1.54 bits per heavy atom. The van der Waals surface area contributed by atoms with E-state index in [0.717, 1.165) is 17.1 Å². The number of thioether (sulfide) groups is 1. The number of aromatic nitrogens is 5. The monoisotopic (exact) mass is 576 g/mol. The van der Waals surface area contributed by atoms with Gasteiger partial charge in [-0.15, -0.1) is 5.10 Å². The van der Waals surface area contributed by atoms with Crippen molar-refractivity contribution < 1.29 is 9.53 Å². The molecule has 5 aromatic rings. The van der Waals surface area contributed by atoms with Gasteiger partial charge in [-0.2, -0.15) is 0 Å². The van der Waals surface area contributed by atoms with Gasteiger partial charge in [-0.1, -0.05) is 58.4 Å². The number of anilines is 1. The molecule has 0 spiro atoms. The van der Waals surface area contributed by atoms with Gasteiger partial charge in [-0.3, -0.25) is 4.79 Å². The number of ether oxygens (including phenoxy) is 1. The highest BCUT2D eigenvalue weighted by molar-refractivity contribution is 7.98. The summed E-state index contributed by atoms with van der Waals surface area (Å²) >= 11 is 13.9. The summed E-state index contributed by atoms with van der Waals surface area (Å²) in [5.41, 5.74) is 3.58. The summed E-state index contributed by atoms with van der Waals surface area (Å²) in [6.45, 7) is 3.82. The Bertz CT molecular complexity index is 1590. The minimum Gasteiger partial charge on any atom is -0.457 e. The normalized spacial score (nSPS) is 10.9. The molecule has 196 valence electrons. The highest BCUT2D eigenvalue weighted by atomic mass is 35.5. The number of hydrogen-bond acceptors (Lipinski definition) is 7. The Morgan fingerprint density at radius 1 is 0.897 bits per heavy atom. The Balaban J connectivity index is 1.40. The average molecular weight is 577 g/mol. The Morgan fingerprint density at radius 3 is 2.21 bits per heavy atom. The molecule has 11 heteroatoms. The molecule has 0 aliphatic rings. The van der Waals surface area contributed by atoms with Crippen LogP contribution in [0.4, 0.5) is 5.69 Å². The zero-order valence-electron chi connectivity index (χ0n) is 20.9. The molecule has 0 aliphatic heterocycles. The minimum absolute atomic E-state index is 0.160. The van der Waals surface area contributed by atoms with Crippen LogP contribution in [0.1, 0.15) is 27.6 Å². The number of benzene rings is 3. The van der Waals surface area contributed by atoms with Crippen molar-refractivity contribution in [3.63, 3.8) is 0 Å². The van der Waals surface area contributed by atoms with Gasteiger partial charge in [-0.25, -0.2) is 14.6 Å². The van der Waals surface area contributed by atoms with Crippen LogP contribution in [0.2, 0.25) is 10.0 Å². The Hall–Kier alpha value is -3.92. The maximum atomic E-state index is 13.4. The topological polar surface area (TPSA) is 94.8 Å². The number of hydrogen-bond donors (Lipinski definition) is 1. The third kappa shape index (κ3) is 6.75. The summed E-state index contributed by atoms with van der Waals surface area (Å²) in [4.78, 5) is 22.3. The molecule has 0 saturated carbocycles. The molecule has 2 heterocycles. The van der Waals surface area contributed by atoms with E-state index in [4.69, 9.17) is 27.9 Å². The second-order valence-corrected chi connectivity index (χ2v) is 10.4. The summed E-state index contributed by atoms with van der Waals surface area (Å²) in [5.74, 6) is 1.28. The first-order valence-corrected chi connectivity index (χ1v) is 13.6. The van der Waals surface area contributed by atoms with Crippen molar-refractivity contribution in [1.29, 1.82) is 0 Å². The molecule has 0 saturated heterocycles. The molecule has 2 aromatic heterocycles. The Kier molecular flexibility index (Phi) is 8.11. The van der Waals surface area contributed by atoms with Gasteiger partial charge < -0.3 is 10.1 Å². The van der Waals surface area contributed by atoms with E-state index in [0.29, 0.717) is 43.8 Å². The number of carbonyl (C=O) groups is 1. The van der Waals surface area contributed by atoms with Crippen molar-refractivity contribution in [3.05, 3.63) is 112 Å². The van der Waals surface area contributed by atoms with Crippen LogP contribution >= 0.6 is 35.0 Å². The highest BCUT2D eigenvalue weighted by Gasteiger charge is 2.22. The van der Waals surface area contributed by atoms with Gasteiger partial charge in [0.15, 0.2) is 10.9 Å². The third-order valence-corrected chi connectivity index (χ3v) is 6.76. The maximum Gasteiger partial charge on any atom is 0.278 e. The van der Waals surface area contributed by atoms with Crippen LogP contribution in [0.15, 0.2) is 84.0 Å². The van der Waals surface area contributed by atoms with Crippen molar-refractivity contribution in [2.75, 3.05) is 5.32 Å². The molecular formula is C28H22Cl2N6O2S. The van der Waals surface area contributed by atoms with Crippen molar-refractivity contribution in [2.45, 2.75) is 24.8 Å². The van der Waals surface area contributed by atoms with Crippen molar-refractivity contribution in [1.82, 2.24) is 25.0 Å². The number of carbonyl (C=O) groups excluding carboxylic acids is 1. The number of halogens is 2. The highest BCUT2D eigenvalue weighted by Crippen LogP contribution is 2.28. The average Bonchev–Trinajstić information content (AvgIpc) is 3.32. The van der Waals surface area contributed by atoms with E-state index < -0.39 is 5.91 Å². The second-order valence-electron chi connectivity index (χ2n) is 8.54. The number of aryl methyl sites for hydroxylation is 2. The smallest absolute Gasteiger partial charge is 0.278 e. The first kappa shape index (κ1) is 26.7. The van der Waals surface area contributed by atoms with Gasteiger partial charge in [0.1, 0.15) is 11.5 Å². The van der Waals surface area contributed by atoms with Gasteiger partial charge in [0.2, 0.25) is 0 Å². The fourth-order valence-corrected chi connectivity index (χ4v) is 5.25. The first-order valence-electron chi connectivity index (χ1n) is 11.8. The summed E-state index contributed by atoms with van der Waals surface area (Å²) in [5, 5.41) is 12.8. The molecule has 0 radical (unpaired) electrons. The fourth-order valence-electron chi connectivity index (χ4n) is 3.79. The molecule has 1 amide bonds. The summed E-state index contributed by atoms with van der Waals surface area (Å²) < 4.78 is 7.38. The van der Waals surface area contributed by atoms with E-state index in [1.807, 2.05) is 50.2 Å². The van der Waals surface area contributed by atoms with E-state index >= 15 is 0 Å². The molecule has 0 atom stereocenters. The van der Waals surface area contributed by atoms with Gasteiger partial charge in [-0.05, 0) is 74.5 Å². The predicted octanol–water partition coefficient (Wildman–Crippen LogP) is 7.32. The SMILES string of the molecule is Cc1cc(C)nc(SCc2c(C(=O)Nc3ccc(Oc4ccccc4)cc3)nnn2-c2cc(Cl)cc(Cl)c2)n1. The predicted molar refractivity (Wildman–Crippen MR) is 153 cm³/mol. The maximum absolute atomic E-state index is 13.4. The molecule has 0 unspecified atom stereocenters. The van der Waals surface area contributed by atoms with Crippen molar-refractivity contribution >= 4 is 46.6 Å².